The standard InChI is InChI=1S/C30H12N2O6/c33-29-19-5-1-13-9-21-17-7-3-16(32(37)38)12-24(17)30(34)20-6-2-14-10-22(27(19)25(13)26(14)28(20)21)18-8-4-15(31(35)36)11-23(18)29/h1-12H. The Hall–Kier alpha value is -5.50. The average molecular weight is 496 g/mol. The maximum Gasteiger partial charge on any atom is 0.270 e. The van der Waals surface area contributed by atoms with Gasteiger partial charge in [0.25, 0.3) is 11.4 Å². The molecule has 0 radical (unpaired) electrons. The maximum atomic E-state index is 13.6. The topological polar surface area (TPSA) is 120 Å². The van der Waals surface area contributed by atoms with Crippen LogP contribution >= 0.6 is 0 Å². The summed E-state index contributed by atoms with van der Waals surface area (Å²) in [6.07, 6.45) is 0. The lowest BCUT2D eigenvalue weighted by molar-refractivity contribution is -0.384. The summed E-state index contributed by atoms with van der Waals surface area (Å²) in [5, 5.41) is 32.1. The van der Waals surface area contributed by atoms with Crippen LogP contribution in [0.25, 0.3) is 75.4 Å². The van der Waals surface area contributed by atoms with Crippen molar-refractivity contribution in [2.75, 3.05) is 0 Å². The zero-order valence-electron chi connectivity index (χ0n) is 19.3. The van der Waals surface area contributed by atoms with Crippen LogP contribution in [0, 0.1) is 20.2 Å². The predicted octanol–water partition coefficient (Wildman–Crippen LogP) is 6.61. The van der Waals surface area contributed by atoms with Crippen molar-refractivity contribution in [1.29, 1.82) is 0 Å². The summed E-state index contributed by atoms with van der Waals surface area (Å²) in [5.74, 6) is 0. The molecular formula is C30H12N2O6. The van der Waals surface area contributed by atoms with Gasteiger partial charge in [-0.05, 0) is 79.5 Å². The van der Waals surface area contributed by atoms with Crippen molar-refractivity contribution in [3.05, 3.63) is 113 Å². The molecule has 0 aromatic heterocycles. The van der Waals surface area contributed by atoms with Gasteiger partial charge in [-0.2, -0.15) is 0 Å². The van der Waals surface area contributed by atoms with Crippen LogP contribution in [-0.4, -0.2) is 9.85 Å². The quantitative estimate of drug-likeness (QED) is 0.115. The van der Waals surface area contributed by atoms with E-state index < -0.39 is 9.85 Å². The summed E-state index contributed by atoms with van der Waals surface area (Å²) >= 11 is 0. The molecule has 0 fully saturated rings. The lowest BCUT2D eigenvalue weighted by Crippen LogP contribution is -2.06. The molecule has 8 heteroatoms. The van der Waals surface area contributed by atoms with Crippen molar-refractivity contribution in [2.24, 2.45) is 0 Å². The van der Waals surface area contributed by atoms with Crippen molar-refractivity contribution in [3.8, 4) is 0 Å². The number of fused-ring (bicyclic) bond motifs is 4. The zero-order valence-corrected chi connectivity index (χ0v) is 19.3. The summed E-state index contributed by atoms with van der Waals surface area (Å²) in [7, 11) is 0. The molecule has 8 nitrogen and oxygen atoms in total. The molecule has 38 heavy (non-hydrogen) atoms. The molecule has 0 atom stereocenters. The van der Waals surface area contributed by atoms with E-state index in [9.17, 15) is 29.8 Å². The summed E-state index contributed by atoms with van der Waals surface area (Å²) in [6, 6.07) is 19.9. The van der Waals surface area contributed by atoms with Crippen molar-refractivity contribution in [3.63, 3.8) is 0 Å². The highest BCUT2D eigenvalue weighted by Crippen LogP contribution is 2.45. The Morgan fingerprint density at radius 1 is 0.421 bits per heavy atom. The van der Waals surface area contributed by atoms with Gasteiger partial charge in [0.1, 0.15) is 0 Å². The van der Waals surface area contributed by atoms with E-state index in [-0.39, 0.29) is 33.0 Å². The molecule has 0 unspecified atom stereocenters. The number of nitro benzene ring substituents is 2. The van der Waals surface area contributed by atoms with Crippen LogP contribution < -0.4 is 10.9 Å². The fraction of sp³-hybridized carbons (Fsp3) is 0. The average Bonchev–Trinajstić information content (AvgIpc) is 2.93. The largest absolute Gasteiger partial charge is 0.289 e. The molecule has 0 aliphatic heterocycles. The van der Waals surface area contributed by atoms with Crippen LogP contribution in [0.5, 0.6) is 0 Å². The summed E-state index contributed by atoms with van der Waals surface area (Å²) in [6.45, 7) is 0. The molecule has 0 heterocycles. The van der Waals surface area contributed by atoms with Gasteiger partial charge in [0.2, 0.25) is 0 Å². The molecule has 178 valence electrons. The first kappa shape index (κ1) is 20.7. The van der Waals surface area contributed by atoms with Crippen LogP contribution in [0.3, 0.4) is 0 Å². The van der Waals surface area contributed by atoms with Gasteiger partial charge in [0.05, 0.1) is 9.85 Å². The molecule has 0 spiro atoms. The van der Waals surface area contributed by atoms with E-state index in [2.05, 4.69) is 0 Å². The predicted molar refractivity (Wildman–Crippen MR) is 148 cm³/mol. The van der Waals surface area contributed by atoms with Crippen molar-refractivity contribution in [1.82, 2.24) is 0 Å². The molecule has 0 amide bonds. The molecule has 8 rings (SSSR count). The second-order valence-electron chi connectivity index (χ2n) is 9.65. The molecule has 0 saturated heterocycles. The van der Waals surface area contributed by atoms with Crippen LogP contribution in [0.2, 0.25) is 0 Å². The van der Waals surface area contributed by atoms with E-state index in [4.69, 9.17) is 0 Å². The van der Waals surface area contributed by atoms with Gasteiger partial charge in [-0.1, -0.05) is 12.1 Å². The molecule has 0 bridgehead atoms. The highest BCUT2D eigenvalue weighted by atomic mass is 16.6. The number of hydrogen-bond donors (Lipinski definition) is 0. The molecule has 8 aromatic rings. The lowest BCUT2D eigenvalue weighted by Gasteiger charge is -2.18. The number of nitrogens with zero attached hydrogens (tertiary/aromatic N) is 2. The van der Waals surface area contributed by atoms with Gasteiger partial charge in [0, 0.05) is 56.6 Å². The van der Waals surface area contributed by atoms with Crippen LogP contribution in [-0.2, 0) is 0 Å². The third kappa shape index (κ3) is 2.34. The smallest absolute Gasteiger partial charge is 0.270 e. The molecular weight excluding hydrogens is 484 g/mol. The van der Waals surface area contributed by atoms with Crippen molar-refractivity contribution in [2.45, 2.75) is 0 Å². The van der Waals surface area contributed by atoms with Gasteiger partial charge in [-0.15, -0.1) is 0 Å². The number of benzene rings is 8. The Balaban J connectivity index is 1.65. The Bertz CT molecular complexity index is 2330. The Morgan fingerprint density at radius 2 is 0.816 bits per heavy atom. The fourth-order valence-electron chi connectivity index (χ4n) is 6.26. The summed E-state index contributed by atoms with van der Waals surface area (Å²) in [4.78, 5) is 48.9. The minimum Gasteiger partial charge on any atom is -0.289 e. The maximum absolute atomic E-state index is 13.6. The monoisotopic (exact) mass is 496 g/mol. The summed E-state index contributed by atoms with van der Waals surface area (Å²) in [5.41, 5.74) is -0.852. The van der Waals surface area contributed by atoms with Crippen LogP contribution in [0.4, 0.5) is 11.4 Å². The van der Waals surface area contributed by atoms with E-state index in [0.717, 1.165) is 43.1 Å². The third-order valence-electron chi connectivity index (χ3n) is 7.85. The number of nitro groups is 2. The van der Waals surface area contributed by atoms with Crippen LogP contribution in [0.1, 0.15) is 0 Å². The van der Waals surface area contributed by atoms with Gasteiger partial charge < -0.3 is 0 Å². The molecule has 0 aliphatic carbocycles. The van der Waals surface area contributed by atoms with Gasteiger partial charge in [-0.25, -0.2) is 0 Å². The minimum atomic E-state index is -0.511. The summed E-state index contributed by atoms with van der Waals surface area (Å²) < 4.78 is 0. The van der Waals surface area contributed by atoms with Crippen LogP contribution in [0.15, 0.2) is 82.4 Å². The number of non-ortho nitro benzene ring substituents is 2. The fourth-order valence-corrected chi connectivity index (χ4v) is 6.26. The van der Waals surface area contributed by atoms with E-state index >= 15 is 0 Å². The van der Waals surface area contributed by atoms with E-state index in [1.54, 1.807) is 24.3 Å². The first-order valence-corrected chi connectivity index (χ1v) is 11.8. The normalized spacial score (nSPS) is 12.3. The first-order chi connectivity index (χ1) is 18.3. The third-order valence-corrected chi connectivity index (χ3v) is 7.85. The minimum absolute atomic E-state index is 0.144. The van der Waals surface area contributed by atoms with Gasteiger partial charge in [0.15, 0.2) is 10.9 Å². The van der Waals surface area contributed by atoms with E-state index in [0.29, 0.717) is 21.5 Å². The van der Waals surface area contributed by atoms with E-state index in [1.165, 1.54) is 24.3 Å². The SMILES string of the molecule is O=c1c2cc([N+](=O)[O-])ccc2c2cc3ccc4c(=O)c5cc([N+](=O)[O-])ccc5c5cc6ccc1c2c6c3c45. The lowest BCUT2D eigenvalue weighted by atomic mass is 9.84. The van der Waals surface area contributed by atoms with Crippen molar-refractivity contribution >= 4 is 86.8 Å². The number of hydrogen-bond acceptors (Lipinski definition) is 6. The molecule has 8 aromatic carbocycles. The highest BCUT2D eigenvalue weighted by molar-refractivity contribution is 6.40. The highest BCUT2D eigenvalue weighted by Gasteiger charge is 2.23. The second-order valence-corrected chi connectivity index (χ2v) is 9.65. The molecule has 0 saturated carbocycles. The van der Waals surface area contributed by atoms with E-state index in [1.807, 2.05) is 24.3 Å². The van der Waals surface area contributed by atoms with Crippen molar-refractivity contribution < 1.29 is 9.85 Å². The van der Waals surface area contributed by atoms with Gasteiger partial charge >= 0.3 is 0 Å². The number of rotatable bonds is 2. The zero-order chi connectivity index (χ0) is 26.0. The Labute approximate surface area is 210 Å². The molecule has 0 N–H and O–H groups in total. The molecule has 0 aliphatic rings. The van der Waals surface area contributed by atoms with Gasteiger partial charge in [-0.3, -0.25) is 29.8 Å². The Morgan fingerprint density at radius 3 is 1.21 bits per heavy atom. The second kappa shape index (κ2) is 6.63. The first-order valence-electron chi connectivity index (χ1n) is 11.8. The Kier molecular flexibility index (Phi) is 3.60.